The van der Waals surface area contributed by atoms with Crippen molar-refractivity contribution in [3.05, 3.63) is 51.2 Å². The highest BCUT2D eigenvalue weighted by Gasteiger charge is 2.15. The van der Waals surface area contributed by atoms with E-state index in [2.05, 4.69) is 38.5 Å². The first-order valence-electron chi connectivity index (χ1n) is 6.21. The van der Waals surface area contributed by atoms with E-state index in [1.54, 1.807) is 0 Å². The van der Waals surface area contributed by atoms with Crippen LogP contribution in [0.1, 0.15) is 23.7 Å². The molecule has 1 heterocycles. The number of nitrogens with zero attached hydrogens (tertiary/aromatic N) is 2. The van der Waals surface area contributed by atoms with Gasteiger partial charge in [-0.25, -0.2) is 0 Å². The van der Waals surface area contributed by atoms with Crippen molar-refractivity contribution < 1.29 is 0 Å². The first-order chi connectivity index (χ1) is 9.13. The molecule has 1 N–H and O–H groups in total. The minimum atomic E-state index is 0.236. The monoisotopic (exact) mass is 341 g/mol. The summed E-state index contributed by atoms with van der Waals surface area (Å²) in [5.41, 5.74) is 2.35. The molecule has 3 nitrogen and oxygen atoms in total. The van der Waals surface area contributed by atoms with Gasteiger partial charge in [-0.05, 0) is 53.5 Å². The average Bonchev–Trinajstić information content (AvgIpc) is 2.80. The average molecular weight is 343 g/mol. The van der Waals surface area contributed by atoms with Crippen LogP contribution in [0, 0.1) is 0 Å². The maximum atomic E-state index is 6.35. The van der Waals surface area contributed by atoms with Gasteiger partial charge in [0.1, 0.15) is 0 Å². The lowest BCUT2D eigenvalue weighted by Gasteiger charge is -2.18. The molecule has 0 aliphatic rings. The molecule has 1 unspecified atom stereocenters. The van der Waals surface area contributed by atoms with Crippen LogP contribution in [0.4, 0.5) is 0 Å². The summed E-state index contributed by atoms with van der Waals surface area (Å²) in [6.07, 6.45) is 3.77. The van der Waals surface area contributed by atoms with Crippen molar-refractivity contribution in [2.24, 2.45) is 7.05 Å². The number of hydrogen-bond acceptors (Lipinski definition) is 2. The molecule has 102 valence electrons. The fourth-order valence-electron chi connectivity index (χ4n) is 2.18. The molecule has 19 heavy (non-hydrogen) atoms. The molecule has 0 aliphatic heterocycles. The minimum Gasteiger partial charge on any atom is -0.313 e. The molecule has 0 radical (unpaired) electrons. The Hall–Kier alpha value is -0.840. The van der Waals surface area contributed by atoms with E-state index in [1.807, 2.05) is 37.1 Å². The molecule has 0 saturated carbocycles. The van der Waals surface area contributed by atoms with Crippen LogP contribution in [0.3, 0.4) is 0 Å². The van der Waals surface area contributed by atoms with Gasteiger partial charge < -0.3 is 5.32 Å². The van der Waals surface area contributed by atoms with Crippen LogP contribution in [0.25, 0.3) is 0 Å². The zero-order valence-electron chi connectivity index (χ0n) is 11.0. The van der Waals surface area contributed by atoms with E-state index in [-0.39, 0.29) is 6.04 Å². The van der Waals surface area contributed by atoms with Crippen LogP contribution in [-0.2, 0) is 13.5 Å². The summed E-state index contributed by atoms with van der Waals surface area (Å²) >= 11 is 9.83. The predicted molar refractivity (Wildman–Crippen MR) is 82.5 cm³/mol. The zero-order chi connectivity index (χ0) is 13.8. The lowest BCUT2D eigenvalue weighted by molar-refractivity contribution is 0.535. The van der Waals surface area contributed by atoms with Gasteiger partial charge in [0.15, 0.2) is 0 Å². The van der Waals surface area contributed by atoms with Crippen LogP contribution in [0.15, 0.2) is 34.9 Å². The normalized spacial score (nSPS) is 12.6. The molecular weight excluding hydrogens is 326 g/mol. The molecule has 1 aromatic heterocycles. The van der Waals surface area contributed by atoms with Crippen LogP contribution < -0.4 is 5.32 Å². The van der Waals surface area contributed by atoms with Crippen molar-refractivity contribution in [1.82, 2.24) is 15.1 Å². The van der Waals surface area contributed by atoms with E-state index in [9.17, 15) is 0 Å². The first-order valence-corrected chi connectivity index (χ1v) is 7.38. The molecule has 2 rings (SSSR count). The SMILES string of the molecule is CNC(CCc1ccnn1C)c1cccc(Br)c1Cl. The Balaban J connectivity index is 2.12. The second-order valence-corrected chi connectivity index (χ2v) is 5.70. The molecule has 0 saturated heterocycles. The van der Waals surface area contributed by atoms with Crippen LogP contribution in [0.5, 0.6) is 0 Å². The molecule has 0 aliphatic carbocycles. The summed E-state index contributed by atoms with van der Waals surface area (Å²) in [5.74, 6) is 0. The lowest BCUT2D eigenvalue weighted by Crippen LogP contribution is -2.18. The Labute approximate surface area is 127 Å². The highest BCUT2D eigenvalue weighted by molar-refractivity contribution is 9.10. The van der Waals surface area contributed by atoms with Gasteiger partial charge in [-0.1, -0.05) is 23.7 Å². The summed E-state index contributed by atoms with van der Waals surface area (Å²) in [6, 6.07) is 8.33. The third-order valence-corrected chi connectivity index (χ3v) is 4.63. The summed E-state index contributed by atoms with van der Waals surface area (Å²) in [6.45, 7) is 0. The maximum Gasteiger partial charge on any atom is 0.0595 e. The molecule has 0 fully saturated rings. The number of nitrogens with one attached hydrogen (secondary N) is 1. The van der Waals surface area contributed by atoms with Crippen molar-refractivity contribution in [3.8, 4) is 0 Å². The van der Waals surface area contributed by atoms with Gasteiger partial charge in [0.25, 0.3) is 0 Å². The second-order valence-electron chi connectivity index (χ2n) is 4.47. The van der Waals surface area contributed by atoms with E-state index in [0.717, 1.165) is 27.9 Å². The Morgan fingerprint density at radius 3 is 2.84 bits per heavy atom. The first kappa shape index (κ1) is 14.6. The number of halogens is 2. The van der Waals surface area contributed by atoms with E-state index < -0.39 is 0 Å². The summed E-state index contributed by atoms with van der Waals surface area (Å²) in [5, 5.41) is 8.30. The molecule has 1 atom stereocenters. The number of hydrogen-bond donors (Lipinski definition) is 1. The predicted octanol–water partition coefficient (Wildman–Crippen LogP) is 3.73. The summed E-state index contributed by atoms with van der Waals surface area (Å²) in [4.78, 5) is 0. The number of rotatable bonds is 5. The molecular formula is C14H17BrClN3. The molecule has 0 spiro atoms. The van der Waals surface area contributed by atoms with Crippen molar-refractivity contribution >= 4 is 27.5 Å². The summed E-state index contributed by atoms with van der Waals surface area (Å²) in [7, 11) is 3.93. The van der Waals surface area contributed by atoms with E-state index in [1.165, 1.54) is 5.69 Å². The van der Waals surface area contributed by atoms with Gasteiger partial charge in [-0.3, -0.25) is 4.68 Å². The topological polar surface area (TPSA) is 29.9 Å². The second kappa shape index (κ2) is 6.55. The van der Waals surface area contributed by atoms with E-state index in [0.29, 0.717) is 0 Å². The van der Waals surface area contributed by atoms with Crippen molar-refractivity contribution in [2.45, 2.75) is 18.9 Å². The van der Waals surface area contributed by atoms with Crippen molar-refractivity contribution in [1.29, 1.82) is 0 Å². The lowest BCUT2D eigenvalue weighted by atomic mass is 10.0. The Morgan fingerprint density at radius 1 is 1.42 bits per heavy atom. The van der Waals surface area contributed by atoms with Crippen LogP contribution in [-0.4, -0.2) is 16.8 Å². The quantitative estimate of drug-likeness (QED) is 0.897. The molecule has 2 aromatic rings. The van der Waals surface area contributed by atoms with Gasteiger partial charge in [0.05, 0.1) is 5.02 Å². The van der Waals surface area contributed by atoms with Gasteiger partial charge in [0.2, 0.25) is 0 Å². The van der Waals surface area contributed by atoms with Crippen LogP contribution in [0.2, 0.25) is 5.02 Å². The number of aryl methyl sites for hydroxylation is 2. The smallest absolute Gasteiger partial charge is 0.0595 e. The van der Waals surface area contributed by atoms with E-state index >= 15 is 0 Å². The van der Waals surface area contributed by atoms with E-state index in [4.69, 9.17) is 11.6 Å². The minimum absolute atomic E-state index is 0.236. The molecule has 0 bridgehead atoms. The maximum absolute atomic E-state index is 6.35. The fourth-order valence-corrected chi connectivity index (χ4v) is 2.82. The summed E-state index contributed by atoms with van der Waals surface area (Å²) < 4.78 is 2.85. The van der Waals surface area contributed by atoms with Gasteiger partial charge >= 0.3 is 0 Å². The Morgan fingerprint density at radius 2 is 2.21 bits per heavy atom. The largest absolute Gasteiger partial charge is 0.313 e. The highest BCUT2D eigenvalue weighted by atomic mass is 79.9. The standard InChI is InChI=1S/C14H17BrClN3/c1-17-13(7-6-10-8-9-18-19(10)2)11-4-3-5-12(15)14(11)16/h3-5,8-9,13,17H,6-7H2,1-2H3. The van der Waals surface area contributed by atoms with Gasteiger partial charge in [-0.15, -0.1) is 0 Å². The zero-order valence-corrected chi connectivity index (χ0v) is 13.4. The van der Waals surface area contributed by atoms with Crippen molar-refractivity contribution in [2.75, 3.05) is 7.05 Å². The van der Waals surface area contributed by atoms with Crippen molar-refractivity contribution in [3.63, 3.8) is 0 Å². The molecule has 5 heteroatoms. The Bertz CT molecular complexity index is 553. The highest BCUT2D eigenvalue weighted by Crippen LogP contribution is 2.31. The third kappa shape index (κ3) is 3.38. The number of benzene rings is 1. The Kier molecular flexibility index (Phi) is 5.02. The third-order valence-electron chi connectivity index (χ3n) is 3.32. The molecule has 0 amide bonds. The fraction of sp³-hybridized carbons (Fsp3) is 0.357. The van der Waals surface area contributed by atoms with Crippen LogP contribution >= 0.6 is 27.5 Å². The number of aromatic nitrogens is 2. The van der Waals surface area contributed by atoms with Gasteiger partial charge in [-0.2, -0.15) is 5.10 Å². The molecule has 1 aromatic carbocycles. The van der Waals surface area contributed by atoms with Gasteiger partial charge in [0, 0.05) is 29.5 Å².